The third-order valence-corrected chi connectivity index (χ3v) is 9.23. The van der Waals surface area contributed by atoms with E-state index >= 15 is 0 Å². The number of hydrogen-bond donors (Lipinski definition) is 1. The molecule has 0 aromatic heterocycles. The Hall–Kier alpha value is -0.600. The van der Waals surface area contributed by atoms with E-state index in [1.807, 2.05) is 20.8 Å². The summed E-state index contributed by atoms with van der Waals surface area (Å²) < 4.78 is 18.0. The maximum absolute atomic E-state index is 12.4. The average molecular weight is 472 g/mol. The van der Waals surface area contributed by atoms with Crippen LogP contribution in [-0.4, -0.2) is 30.9 Å². The molecule has 190 valence electrons. The molecule has 1 N–H and O–H groups in total. The van der Waals surface area contributed by atoms with Gasteiger partial charge in [-0.1, -0.05) is 91.2 Å². The summed E-state index contributed by atoms with van der Waals surface area (Å²) in [6.07, 6.45) is 23.6. The van der Waals surface area contributed by atoms with Crippen LogP contribution in [0.15, 0.2) is 12.2 Å². The maximum Gasteiger partial charge on any atom is 0.219 e. The van der Waals surface area contributed by atoms with Crippen LogP contribution in [0.5, 0.6) is 0 Å². The molecule has 0 aromatic rings. The molecule has 0 aliphatic rings. The van der Waals surface area contributed by atoms with E-state index in [0.717, 1.165) is 25.7 Å². The minimum atomic E-state index is -2.58. The smallest absolute Gasteiger partial charge is 0.219 e. The third kappa shape index (κ3) is 18.9. The van der Waals surface area contributed by atoms with Crippen LogP contribution < -0.4 is 5.32 Å². The SMILES string of the molecule is CCCCCCCC/C=C\CCCCCCCC(=O)NCCCCOP(C)(=O)C(C)(C)C. The van der Waals surface area contributed by atoms with E-state index in [0.29, 0.717) is 19.6 Å². The van der Waals surface area contributed by atoms with Crippen molar-refractivity contribution in [2.45, 2.75) is 136 Å². The highest BCUT2D eigenvalue weighted by molar-refractivity contribution is 7.59. The summed E-state index contributed by atoms with van der Waals surface area (Å²) >= 11 is 0. The summed E-state index contributed by atoms with van der Waals surface area (Å²) in [5, 5.41) is 2.67. The largest absolute Gasteiger partial charge is 0.356 e. The fourth-order valence-electron chi connectivity index (χ4n) is 3.33. The van der Waals surface area contributed by atoms with Crippen LogP contribution in [-0.2, 0) is 13.9 Å². The molecule has 5 heteroatoms. The van der Waals surface area contributed by atoms with Crippen LogP contribution in [0.2, 0.25) is 0 Å². The van der Waals surface area contributed by atoms with Crippen LogP contribution in [0.3, 0.4) is 0 Å². The first-order valence-electron chi connectivity index (χ1n) is 13.3. The molecule has 0 aromatic carbocycles. The standard InChI is InChI=1S/C27H54NO3P/c1-6-7-8-9-10-11-12-13-14-15-16-17-18-19-20-23-26(29)28-24-21-22-25-31-32(5,30)27(2,3)4/h13-14H,6-12,15-25H2,1-5H3,(H,28,29)/b14-13-. The molecule has 32 heavy (non-hydrogen) atoms. The van der Waals surface area contributed by atoms with Gasteiger partial charge in [-0.3, -0.25) is 9.36 Å². The van der Waals surface area contributed by atoms with Crippen molar-refractivity contribution in [1.29, 1.82) is 0 Å². The van der Waals surface area contributed by atoms with Crippen molar-refractivity contribution in [3.8, 4) is 0 Å². The Morgan fingerprint density at radius 3 is 1.91 bits per heavy atom. The summed E-state index contributed by atoms with van der Waals surface area (Å²) in [5.74, 6) is 0.152. The second kappa shape index (κ2) is 19.8. The fraction of sp³-hybridized carbons (Fsp3) is 0.889. The number of amides is 1. The lowest BCUT2D eigenvalue weighted by Crippen LogP contribution is -2.24. The Balaban J connectivity index is 3.40. The molecule has 0 heterocycles. The number of carbonyl (C=O) groups is 1. The predicted octanol–water partition coefficient (Wildman–Crippen LogP) is 8.64. The highest BCUT2D eigenvalue weighted by Crippen LogP contribution is 2.55. The maximum atomic E-state index is 12.4. The summed E-state index contributed by atoms with van der Waals surface area (Å²) in [5.41, 5.74) is 0. The summed E-state index contributed by atoms with van der Waals surface area (Å²) in [4.78, 5) is 11.9. The first kappa shape index (κ1) is 31.4. The van der Waals surface area contributed by atoms with Crippen LogP contribution >= 0.6 is 7.37 Å². The van der Waals surface area contributed by atoms with Gasteiger partial charge >= 0.3 is 0 Å². The Morgan fingerprint density at radius 2 is 1.34 bits per heavy atom. The van der Waals surface area contributed by atoms with Crippen molar-refractivity contribution in [2.75, 3.05) is 19.8 Å². The van der Waals surface area contributed by atoms with Gasteiger partial charge in [0.15, 0.2) is 0 Å². The lowest BCUT2D eigenvalue weighted by atomic mass is 10.1. The molecule has 0 saturated heterocycles. The van der Waals surface area contributed by atoms with Crippen LogP contribution in [0.4, 0.5) is 0 Å². The highest BCUT2D eigenvalue weighted by Gasteiger charge is 2.32. The van der Waals surface area contributed by atoms with E-state index in [-0.39, 0.29) is 11.1 Å². The molecule has 0 aliphatic carbocycles. The van der Waals surface area contributed by atoms with E-state index in [4.69, 9.17) is 4.52 Å². The van der Waals surface area contributed by atoms with Gasteiger partial charge in [-0.2, -0.15) is 0 Å². The average Bonchev–Trinajstić information content (AvgIpc) is 2.72. The number of nitrogens with one attached hydrogen (secondary N) is 1. The monoisotopic (exact) mass is 471 g/mol. The van der Waals surface area contributed by atoms with E-state index in [2.05, 4.69) is 24.4 Å². The number of unbranched alkanes of at least 4 members (excludes halogenated alkanes) is 12. The van der Waals surface area contributed by atoms with Gasteiger partial charge in [0.1, 0.15) is 0 Å². The lowest BCUT2D eigenvalue weighted by Gasteiger charge is -2.27. The topological polar surface area (TPSA) is 55.4 Å². The fourth-order valence-corrected chi connectivity index (χ4v) is 4.20. The zero-order chi connectivity index (χ0) is 24.1. The van der Waals surface area contributed by atoms with Gasteiger partial charge in [-0.15, -0.1) is 0 Å². The number of hydrogen-bond acceptors (Lipinski definition) is 3. The molecule has 0 radical (unpaired) electrons. The summed E-state index contributed by atoms with van der Waals surface area (Å²) in [6, 6.07) is 0. The van der Waals surface area contributed by atoms with Gasteiger partial charge in [0, 0.05) is 24.8 Å². The summed E-state index contributed by atoms with van der Waals surface area (Å²) in [7, 11) is -2.58. The molecule has 0 fully saturated rings. The Bertz CT molecular complexity index is 525. The highest BCUT2D eigenvalue weighted by atomic mass is 31.2. The van der Waals surface area contributed by atoms with Gasteiger partial charge < -0.3 is 9.84 Å². The molecule has 0 spiro atoms. The molecule has 1 atom stereocenters. The minimum absolute atomic E-state index is 0.152. The van der Waals surface area contributed by atoms with Crippen molar-refractivity contribution < 1.29 is 13.9 Å². The van der Waals surface area contributed by atoms with Gasteiger partial charge in [0.05, 0.1) is 6.61 Å². The number of allylic oxidation sites excluding steroid dienone is 2. The first-order valence-corrected chi connectivity index (χ1v) is 15.4. The Labute approximate surface area is 200 Å². The van der Waals surface area contributed by atoms with Crippen LogP contribution in [0, 0.1) is 0 Å². The van der Waals surface area contributed by atoms with E-state index in [1.54, 1.807) is 6.66 Å². The normalized spacial score (nSPS) is 14.0. The molecule has 0 bridgehead atoms. The van der Waals surface area contributed by atoms with Crippen molar-refractivity contribution >= 4 is 13.3 Å². The van der Waals surface area contributed by atoms with E-state index in [1.165, 1.54) is 70.6 Å². The molecule has 4 nitrogen and oxygen atoms in total. The molecule has 1 amide bonds. The van der Waals surface area contributed by atoms with Gasteiger partial charge in [-0.25, -0.2) is 0 Å². The van der Waals surface area contributed by atoms with Gasteiger partial charge in [-0.05, 0) is 44.9 Å². The first-order chi connectivity index (χ1) is 15.2. The van der Waals surface area contributed by atoms with E-state index < -0.39 is 7.37 Å². The number of carbonyl (C=O) groups excluding carboxylic acids is 1. The molecule has 0 saturated carbocycles. The van der Waals surface area contributed by atoms with Crippen LogP contribution in [0.25, 0.3) is 0 Å². The van der Waals surface area contributed by atoms with Crippen molar-refractivity contribution in [2.24, 2.45) is 0 Å². The zero-order valence-corrected chi connectivity index (χ0v) is 22.9. The molecular formula is C27H54NO3P. The third-order valence-electron chi connectivity index (χ3n) is 6.12. The molecule has 0 aliphatic heterocycles. The van der Waals surface area contributed by atoms with E-state index in [9.17, 15) is 9.36 Å². The Morgan fingerprint density at radius 1 is 0.812 bits per heavy atom. The van der Waals surface area contributed by atoms with Crippen LogP contribution in [0.1, 0.15) is 130 Å². The van der Waals surface area contributed by atoms with Crippen molar-refractivity contribution in [3.63, 3.8) is 0 Å². The molecular weight excluding hydrogens is 417 g/mol. The Kier molecular flexibility index (Phi) is 19.5. The summed E-state index contributed by atoms with van der Waals surface area (Å²) in [6.45, 7) is 11.0. The lowest BCUT2D eigenvalue weighted by molar-refractivity contribution is -0.121. The zero-order valence-electron chi connectivity index (χ0n) is 22.1. The quantitative estimate of drug-likeness (QED) is 0.103. The second-order valence-electron chi connectivity index (χ2n) is 10.2. The van der Waals surface area contributed by atoms with Crippen molar-refractivity contribution in [3.05, 3.63) is 12.2 Å². The van der Waals surface area contributed by atoms with Gasteiger partial charge in [0.2, 0.25) is 13.3 Å². The predicted molar refractivity (Wildman–Crippen MR) is 141 cm³/mol. The molecule has 1 unspecified atom stereocenters. The van der Waals surface area contributed by atoms with Gasteiger partial charge in [0.25, 0.3) is 0 Å². The molecule has 0 rings (SSSR count). The minimum Gasteiger partial charge on any atom is -0.356 e. The number of rotatable bonds is 21. The van der Waals surface area contributed by atoms with Crippen molar-refractivity contribution in [1.82, 2.24) is 5.32 Å². The second-order valence-corrected chi connectivity index (χ2v) is 13.5.